The van der Waals surface area contributed by atoms with Crippen molar-refractivity contribution in [2.45, 2.75) is 18.6 Å². The molecule has 0 aliphatic rings. The van der Waals surface area contributed by atoms with Crippen LogP contribution in [0.15, 0.2) is 88.8 Å². The zero-order chi connectivity index (χ0) is 23.2. The molecule has 2 N–H and O–H groups in total. The van der Waals surface area contributed by atoms with Crippen LogP contribution in [0.3, 0.4) is 0 Å². The molecule has 3 amide bonds. The Labute approximate surface area is 194 Å². The molecule has 4 rings (SSSR count). The van der Waals surface area contributed by atoms with Crippen LogP contribution in [-0.4, -0.2) is 27.2 Å². The molecular weight excluding hydrogens is 436 g/mol. The second-order valence-corrected chi connectivity index (χ2v) is 8.34. The lowest BCUT2D eigenvalue weighted by atomic mass is 10.2. The number of benzene rings is 3. The lowest BCUT2D eigenvalue weighted by Crippen LogP contribution is -2.40. The number of nitrogens with one attached hydrogen (secondary N) is 2. The van der Waals surface area contributed by atoms with Crippen molar-refractivity contribution in [1.82, 2.24) is 20.2 Å². The van der Waals surface area contributed by atoms with Gasteiger partial charge in [-0.1, -0.05) is 66.4 Å². The van der Waals surface area contributed by atoms with E-state index in [1.54, 1.807) is 18.2 Å². The van der Waals surface area contributed by atoms with Crippen molar-refractivity contribution < 1.29 is 9.59 Å². The smallest absolute Gasteiger partial charge is 0.321 e. The number of amides is 3. The van der Waals surface area contributed by atoms with Gasteiger partial charge < -0.3 is 5.32 Å². The van der Waals surface area contributed by atoms with Crippen LogP contribution >= 0.6 is 11.8 Å². The summed E-state index contributed by atoms with van der Waals surface area (Å²) < 4.78 is 1.50. The first-order valence-corrected chi connectivity index (χ1v) is 11.3. The van der Waals surface area contributed by atoms with Gasteiger partial charge in [-0.15, -0.1) is 0 Å². The minimum absolute atomic E-state index is 0.0741. The van der Waals surface area contributed by atoms with Crippen LogP contribution in [0, 0.1) is 6.92 Å². The molecule has 0 aliphatic carbocycles. The molecule has 8 heteroatoms. The SMILES string of the molecule is Cc1cccc(-n2c(SCC(=O)NC(=O)NCc3ccccc3)nc3ccccc3c2=O)c1. The number of carbonyl (C=O) groups excluding carboxylic acids is 2. The van der Waals surface area contributed by atoms with Crippen molar-refractivity contribution in [2.75, 3.05) is 5.75 Å². The summed E-state index contributed by atoms with van der Waals surface area (Å²) in [4.78, 5) is 42.3. The van der Waals surface area contributed by atoms with E-state index in [4.69, 9.17) is 0 Å². The highest BCUT2D eigenvalue weighted by molar-refractivity contribution is 7.99. The molecule has 0 spiro atoms. The molecule has 166 valence electrons. The number of aryl methyl sites for hydroxylation is 1. The minimum Gasteiger partial charge on any atom is -0.334 e. The normalized spacial score (nSPS) is 10.7. The number of para-hydroxylation sites is 1. The quantitative estimate of drug-likeness (QED) is 0.339. The summed E-state index contributed by atoms with van der Waals surface area (Å²) in [6.07, 6.45) is 0. The highest BCUT2D eigenvalue weighted by Gasteiger charge is 2.16. The molecule has 0 atom stereocenters. The van der Waals surface area contributed by atoms with Gasteiger partial charge in [0.1, 0.15) is 0 Å². The monoisotopic (exact) mass is 458 g/mol. The summed E-state index contributed by atoms with van der Waals surface area (Å²) in [6.45, 7) is 2.25. The van der Waals surface area contributed by atoms with Crippen LogP contribution in [0.25, 0.3) is 16.6 Å². The number of hydrogen-bond acceptors (Lipinski definition) is 5. The van der Waals surface area contributed by atoms with Crippen molar-refractivity contribution in [3.8, 4) is 5.69 Å². The summed E-state index contributed by atoms with van der Waals surface area (Å²) in [5, 5.41) is 5.84. The van der Waals surface area contributed by atoms with Gasteiger partial charge in [0.05, 0.1) is 22.3 Å². The number of nitrogens with zero attached hydrogens (tertiary/aromatic N) is 2. The van der Waals surface area contributed by atoms with Crippen LogP contribution < -0.4 is 16.2 Å². The van der Waals surface area contributed by atoms with Gasteiger partial charge in [-0.25, -0.2) is 9.78 Å². The third-order valence-corrected chi connectivity index (χ3v) is 5.82. The highest BCUT2D eigenvalue weighted by Crippen LogP contribution is 2.21. The first kappa shape index (κ1) is 22.3. The Morgan fingerprint density at radius 1 is 0.970 bits per heavy atom. The predicted molar refractivity (Wildman–Crippen MR) is 130 cm³/mol. The number of urea groups is 1. The van der Waals surface area contributed by atoms with E-state index in [0.29, 0.717) is 28.3 Å². The summed E-state index contributed by atoms with van der Waals surface area (Å²) in [5.41, 5.74) is 2.93. The van der Waals surface area contributed by atoms with E-state index in [1.165, 1.54) is 4.57 Å². The Hall–Kier alpha value is -3.91. The average molecular weight is 459 g/mol. The topological polar surface area (TPSA) is 93.1 Å². The van der Waals surface area contributed by atoms with Crippen LogP contribution in [0.5, 0.6) is 0 Å². The Balaban J connectivity index is 1.51. The van der Waals surface area contributed by atoms with Crippen molar-refractivity contribution in [2.24, 2.45) is 0 Å². The van der Waals surface area contributed by atoms with E-state index < -0.39 is 11.9 Å². The molecule has 4 aromatic rings. The molecule has 0 radical (unpaired) electrons. The van der Waals surface area contributed by atoms with Crippen LogP contribution in [0.2, 0.25) is 0 Å². The lowest BCUT2D eigenvalue weighted by molar-refractivity contribution is -0.117. The Morgan fingerprint density at radius 2 is 1.73 bits per heavy atom. The molecule has 1 aromatic heterocycles. The molecule has 1 heterocycles. The molecule has 33 heavy (non-hydrogen) atoms. The Kier molecular flexibility index (Phi) is 6.85. The third-order valence-electron chi connectivity index (χ3n) is 4.89. The van der Waals surface area contributed by atoms with Gasteiger partial charge in [-0.2, -0.15) is 0 Å². The van der Waals surface area contributed by atoms with Gasteiger partial charge in [0.15, 0.2) is 5.16 Å². The number of imide groups is 1. The van der Waals surface area contributed by atoms with Crippen molar-refractivity contribution in [3.05, 3.63) is 100 Å². The molecular formula is C25H22N4O3S. The molecule has 0 unspecified atom stereocenters. The number of carbonyl (C=O) groups is 2. The van der Waals surface area contributed by atoms with Gasteiger partial charge in [0.25, 0.3) is 5.56 Å². The zero-order valence-corrected chi connectivity index (χ0v) is 18.8. The first-order chi connectivity index (χ1) is 16.0. The fraction of sp³-hybridized carbons (Fsp3) is 0.120. The van der Waals surface area contributed by atoms with Crippen molar-refractivity contribution >= 4 is 34.6 Å². The summed E-state index contributed by atoms with van der Waals surface area (Å²) in [5.74, 6) is -0.557. The number of fused-ring (bicyclic) bond motifs is 1. The van der Waals surface area contributed by atoms with E-state index >= 15 is 0 Å². The maximum Gasteiger partial charge on any atom is 0.321 e. The largest absolute Gasteiger partial charge is 0.334 e. The van der Waals surface area contributed by atoms with Gasteiger partial charge >= 0.3 is 6.03 Å². The molecule has 0 saturated carbocycles. The standard InChI is InChI=1S/C25H22N4O3S/c1-17-8-7-11-19(14-17)29-23(31)20-12-5-6-13-21(20)27-25(29)33-16-22(30)28-24(32)26-15-18-9-3-2-4-10-18/h2-14H,15-16H2,1H3,(H2,26,28,30,32). The summed E-state index contributed by atoms with van der Waals surface area (Å²) in [7, 11) is 0. The lowest BCUT2D eigenvalue weighted by Gasteiger charge is -2.13. The van der Waals surface area contributed by atoms with Crippen LogP contribution in [-0.2, 0) is 11.3 Å². The average Bonchev–Trinajstić information content (AvgIpc) is 2.82. The molecule has 0 fully saturated rings. The second kappa shape index (κ2) is 10.1. The molecule has 7 nitrogen and oxygen atoms in total. The Morgan fingerprint density at radius 3 is 2.52 bits per heavy atom. The molecule has 3 aromatic carbocycles. The van der Waals surface area contributed by atoms with E-state index in [-0.39, 0.29) is 11.3 Å². The van der Waals surface area contributed by atoms with E-state index in [9.17, 15) is 14.4 Å². The maximum atomic E-state index is 13.2. The van der Waals surface area contributed by atoms with E-state index in [0.717, 1.165) is 22.9 Å². The molecule has 0 bridgehead atoms. The van der Waals surface area contributed by atoms with E-state index in [1.807, 2.05) is 67.6 Å². The zero-order valence-electron chi connectivity index (χ0n) is 17.9. The number of thioether (sulfide) groups is 1. The summed E-state index contributed by atoms with van der Waals surface area (Å²) in [6, 6.07) is 23.4. The minimum atomic E-state index is -0.577. The summed E-state index contributed by atoms with van der Waals surface area (Å²) >= 11 is 1.10. The molecule has 0 saturated heterocycles. The van der Waals surface area contributed by atoms with Crippen molar-refractivity contribution in [1.29, 1.82) is 0 Å². The predicted octanol–water partition coefficient (Wildman–Crippen LogP) is 3.81. The van der Waals surface area contributed by atoms with Gasteiger partial charge in [-0.05, 0) is 42.3 Å². The number of hydrogen-bond donors (Lipinski definition) is 2. The molecule has 0 aliphatic heterocycles. The van der Waals surface area contributed by atoms with Crippen molar-refractivity contribution in [3.63, 3.8) is 0 Å². The fourth-order valence-electron chi connectivity index (χ4n) is 3.32. The highest BCUT2D eigenvalue weighted by atomic mass is 32.2. The fourth-order valence-corrected chi connectivity index (χ4v) is 4.13. The van der Waals surface area contributed by atoms with Gasteiger partial charge in [0.2, 0.25) is 5.91 Å². The number of aromatic nitrogens is 2. The Bertz CT molecular complexity index is 1370. The number of rotatable bonds is 6. The van der Waals surface area contributed by atoms with E-state index in [2.05, 4.69) is 15.6 Å². The van der Waals surface area contributed by atoms with Gasteiger partial charge in [0, 0.05) is 6.54 Å². The van der Waals surface area contributed by atoms with Gasteiger partial charge in [-0.3, -0.25) is 19.5 Å². The third kappa shape index (κ3) is 5.48. The second-order valence-electron chi connectivity index (χ2n) is 7.40. The van der Waals surface area contributed by atoms with Crippen LogP contribution in [0.1, 0.15) is 11.1 Å². The first-order valence-electron chi connectivity index (χ1n) is 10.3. The van der Waals surface area contributed by atoms with Crippen LogP contribution in [0.4, 0.5) is 4.79 Å². The maximum absolute atomic E-state index is 13.2.